The van der Waals surface area contributed by atoms with Gasteiger partial charge >= 0.3 is 0 Å². The van der Waals surface area contributed by atoms with Crippen molar-refractivity contribution < 1.29 is 17.2 Å². The van der Waals surface area contributed by atoms with Crippen LogP contribution in [0, 0.1) is 6.92 Å². The third-order valence-corrected chi connectivity index (χ3v) is 2.15. The molecule has 1 aromatic heterocycles. The average Bonchev–Trinajstić information content (AvgIpc) is 2.71. The molecule has 0 aliphatic rings. The molecule has 0 radical (unpaired) electrons. The van der Waals surface area contributed by atoms with Crippen LogP contribution in [0.4, 0.5) is 0 Å². The molecular formula is C11H11ClN3O-. The predicted molar refractivity (Wildman–Crippen MR) is 55.5 cm³/mol. The van der Waals surface area contributed by atoms with Gasteiger partial charge in [0.1, 0.15) is 19.2 Å². The molecule has 0 aliphatic heterocycles. The minimum atomic E-state index is 0. The normalized spacial score (nSPS) is 9.56. The molecule has 0 amide bonds. The summed E-state index contributed by atoms with van der Waals surface area (Å²) in [6, 6.07) is 7.51. The Hall–Kier alpha value is -1.68. The maximum Gasteiger partial charge on any atom is 0.184 e. The van der Waals surface area contributed by atoms with Crippen LogP contribution in [0.5, 0.6) is 0 Å². The predicted octanol–water partition coefficient (Wildman–Crippen LogP) is -1.53. The molecule has 2 rings (SSSR count). The van der Waals surface area contributed by atoms with Crippen LogP contribution >= 0.6 is 0 Å². The number of Topliss-reactive ketones (excluding diaryl/α,β-unsaturated/α-hetero) is 1. The topological polar surface area (TPSA) is 47.8 Å². The summed E-state index contributed by atoms with van der Waals surface area (Å²) in [4.78, 5) is 15.5. The molecule has 0 unspecified atom stereocenters. The smallest absolute Gasteiger partial charge is 0.184 e. The number of rotatable bonds is 3. The molecule has 5 heteroatoms. The molecular weight excluding hydrogens is 226 g/mol. The molecule has 0 atom stereocenters. The van der Waals surface area contributed by atoms with Gasteiger partial charge in [0.05, 0.1) is 0 Å². The molecule has 84 valence electrons. The van der Waals surface area contributed by atoms with E-state index in [1.54, 1.807) is 0 Å². The lowest BCUT2D eigenvalue weighted by Crippen LogP contribution is -3.00. The molecule has 1 heterocycles. The third kappa shape index (κ3) is 2.90. The van der Waals surface area contributed by atoms with Crippen LogP contribution in [-0.4, -0.2) is 20.5 Å². The zero-order valence-corrected chi connectivity index (χ0v) is 9.55. The van der Waals surface area contributed by atoms with E-state index in [-0.39, 0.29) is 24.7 Å². The van der Waals surface area contributed by atoms with Crippen LogP contribution in [0.15, 0.2) is 36.9 Å². The zero-order valence-electron chi connectivity index (χ0n) is 8.80. The molecule has 0 N–H and O–H groups in total. The minimum absolute atomic E-state index is 0. The van der Waals surface area contributed by atoms with Crippen molar-refractivity contribution in [1.82, 2.24) is 14.8 Å². The van der Waals surface area contributed by atoms with E-state index < -0.39 is 0 Å². The number of aromatic nitrogens is 3. The number of halogens is 1. The van der Waals surface area contributed by atoms with Crippen molar-refractivity contribution in [3.8, 4) is 0 Å². The maximum absolute atomic E-state index is 11.7. The molecule has 4 nitrogen and oxygen atoms in total. The molecule has 1 aromatic carbocycles. The van der Waals surface area contributed by atoms with Crippen molar-refractivity contribution in [3.63, 3.8) is 0 Å². The van der Waals surface area contributed by atoms with E-state index in [0.29, 0.717) is 5.56 Å². The third-order valence-electron chi connectivity index (χ3n) is 2.15. The van der Waals surface area contributed by atoms with E-state index in [2.05, 4.69) is 10.1 Å². The first-order valence-electron chi connectivity index (χ1n) is 4.68. The van der Waals surface area contributed by atoms with Crippen molar-refractivity contribution >= 4 is 5.78 Å². The van der Waals surface area contributed by atoms with Gasteiger partial charge in [-0.3, -0.25) is 4.79 Å². The fourth-order valence-electron chi connectivity index (χ4n) is 1.29. The van der Waals surface area contributed by atoms with Crippen molar-refractivity contribution in [1.29, 1.82) is 0 Å². The number of nitrogens with zero attached hydrogens (tertiary/aromatic N) is 3. The lowest BCUT2D eigenvalue weighted by Gasteiger charge is -2.01. The highest BCUT2D eigenvalue weighted by molar-refractivity contribution is 5.95. The summed E-state index contributed by atoms with van der Waals surface area (Å²) < 4.78 is 1.52. The molecule has 0 spiro atoms. The van der Waals surface area contributed by atoms with Gasteiger partial charge in [-0.2, -0.15) is 5.10 Å². The van der Waals surface area contributed by atoms with Gasteiger partial charge in [0.2, 0.25) is 0 Å². The summed E-state index contributed by atoms with van der Waals surface area (Å²) in [5, 5.41) is 3.88. The summed E-state index contributed by atoms with van der Waals surface area (Å²) in [7, 11) is 0. The van der Waals surface area contributed by atoms with Gasteiger partial charge < -0.3 is 12.4 Å². The summed E-state index contributed by atoms with van der Waals surface area (Å²) in [5.74, 6) is 0.0421. The van der Waals surface area contributed by atoms with Crippen LogP contribution in [-0.2, 0) is 6.54 Å². The lowest BCUT2D eigenvalue weighted by atomic mass is 10.1. The Morgan fingerprint density at radius 1 is 1.31 bits per heavy atom. The Morgan fingerprint density at radius 2 is 2.00 bits per heavy atom. The van der Waals surface area contributed by atoms with Gasteiger partial charge in [0.25, 0.3) is 0 Å². The fourth-order valence-corrected chi connectivity index (χ4v) is 1.29. The quantitative estimate of drug-likeness (QED) is 0.608. The second-order valence-electron chi connectivity index (χ2n) is 3.38. The SMILES string of the molecule is Cc1ccc(C(=O)Cn2cncn2)cc1.[Cl-]. The number of aryl methyl sites for hydroxylation is 1. The van der Waals surface area contributed by atoms with Gasteiger partial charge in [-0.25, -0.2) is 9.67 Å². The summed E-state index contributed by atoms with van der Waals surface area (Å²) in [6.45, 7) is 2.23. The molecule has 2 aromatic rings. The van der Waals surface area contributed by atoms with E-state index in [1.165, 1.54) is 17.3 Å². The second kappa shape index (κ2) is 5.42. The number of benzene rings is 1. The number of ketones is 1. The van der Waals surface area contributed by atoms with Crippen molar-refractivity contribution in [3.05, 3.63) is 48.0 Å². The maximum atomic E-state index is 11.7. The standard InChI is InChI=1S/C11H11N3O.ClH/c1-9-2-4-10(5-3-9)11(15)6-14-8-12-7-13-14;/h2-5,7-8H,6H2,1H3;1H/p-1. The van der Waals surface area contributed by atoms with Crippen LogP contribution < -0.4 is 12.4 Å². The van der Waals surface area contributed by atoms with E-state index in [9.17, 15) is 4.79 Å². The van der Waals surface area contributed by atoms with E-state index in [1.807, 2.05) is 31.2 Å². The summed E-state index contributed by atoms with van der Waals surface area (Å²) >= 11 is 0. The van der Waals surface area contributed by atoms with Crippen molar-refractivity contribution in [2.45, 2.75) is 13.5 Å². The Morgan fingerprint density at radius 3 is 2.56 bits per heavy atom. The minimum Gasteiger partial charge on any atom is -1.00 e. The zero-order chi connectivity index (χ0) is 10.7. The molecule has 0 aliphatic carbocycles. The number of hydrogen-bond donors (Lipinski definition) is 0. The van der Waals surface area contributed by atoms with Crippen LogP contribution in [0.25, 0.3) is 0 Å². The Balaban J connectivity index is 0.00000128. The number of hydrogen-bond acceptors (Lipinski definition) is 3. The average molecular weight is 237 g/mol. The van der Waals surface area contributed by atoms with Crippen molar-refractivity contribution in [2.24, 2.45) is 0 Å². The molecule has 0 bridgehead atoms. The van der Waals surface area contributed by atoms with Gasteiger partial charge in [-0.1, -0.05) is 29.8 Å². The van der Waals surface area contributed by atoms with E-state index >= 15 is 0 Å². The highest BCUT2D eigenvalue weighted by Crippen LogP contribution is 2.04. The summed E-state index contributed by atoms with van der Waals surface area (Å²) in [5.41, 5.74) is 1.85. The number of carbonyl (C=O) groups is 1. The van der Waals surface area contributed by atoms with Gasteiger partial charge in [-0.05, 0) is 6.92 Å². The van der Waals surface area contributed by atoms with E-state index in [4.69, 9.17) is 0 Å². The Bertz CT molecular complexity index is 451. The highest BCUT2D eigenvalue weighted by atomic mass is 35.5. The second-order valence-corrected chi connectivity index (χ2v) is 3.38. The van der Waals surface area contributed by atoms with Crippen LogP contribution in [0.2, 0.25) is 0 Å². The van der Waals surface area contributed by atoms with Crippen molar-refractivity contribution in [2.75, 3.05) is 0 Å². The molecule has 0 saturated heterocycles. The van der Waals surface area contributed by atoms with Crippen LogP contribution in [0.3, 0.4) is 0 Å². The van der Waals surface area contributed by atoms with Gasteiger partial charge in [0.15, 0.2) is 5.78 Å². The fraction of sp³-hybridized carbons (Fsp3) is 0.182. The first-order chi connectivity index (χ1) is 7.25. The first-order valence-corrected chi connectivity index (χ1v) is 4.68. The van der Waals surface area contributed by atoms with Gasteiger partial charge in [0, 0.05) is 5.56 Å². The van der Waals surface area contributed by atoms with Gasteiger partial charge in [-0.15, -0.1) is 0 Å². The molecule has 0 fully saturated rings. The molecule has 16 heavy (non-hydrogen) atoms. The lowest BCUT2D eigenvalue weighted by molar-refractivity contribution is -0.0000114. The molecule has 0 saturated carbocycles. The highest BCUT2D eigenvalue weighted by Gasteiger charge is 2.06. The monoisotopic (exact) mass is 236 g/mol. The van der Waals surface area contributed by atoms with E-state index in [0.717, 1.165) is 5.56 Å². The Labute approximate surface area is 99.7 Å². The largest absolute Gasteiger partial charge is 1.00 e. The first kappa shape index (κ1) is 12.4. The Kier molecular flexibility index (Phi) is 4.19. The van der Waals surface area contributed by atoms with Crippen LogP contribution in [0.1, 0.15) is 15.9 Å². The summed E-state index contributed by atoms with van der Waals surface area (Å²) in [6.07, 6.45) is 2.95. The number of carbonyl (C=O) groups excluding carboxylic acids is 1.